The molecular weight excluding hydrogens is 298 g/mol. The summed E-state index contributed by atoms with van der Waals surface area (Å²) in [5.41, 5.74) is 0.953. The highest BCUT2D eigenvalue weighted by Crippen LogP contribution is 2.51. The number of nitrogens with zero attached hydrogens (tertiary/aromatic N) is 1. The smallest absolute Gasteiger partial charge is 0.349 e. The fraction of sp³-hybridized carbons (Fsp3) is 0.647. The summed E-state index contributed by atoms with van der Waals surface area (Å²) in [7, 11) is 2.17. The molecule has 2 bridgehead atoms. The van der Waals surface area contributed by atoms with Gasteiger partial charge < -0.3 is 14.6 Å². The van der Waals surface area contributed by atoms with Crippen molar-refractivity contribution in [2.45, 2.75) is 55.1 Å². The molecule has 4 aliphatic heterocycles. The van der Waals surface area contributed by atoms with Crippen LogP contribution in [0.2, 0.25) is 0 Å². The van der Waals surface area contributed by atoms with Crippen molar-refractivity contribution in [3.8, 4) is 0 Å². The van der Waals surface area contributed by atoms with Crippen LogP contribution in [0.25, 0.3) is 0 Å². The summed E-state index contributed by atoms with van der Waals surface area (Å²) < 4.78 is 11.9. The van der Waals surface area contributed by atoms with E-state index in [2.05, 4.69) is 11.9 Å². The van der Waals surface area contributed by atoms with E-state index in [0.29, 0.717) is 24.3 Å². The Bertz CT molecular complexity index is 574. The van der Waals surface area contributed by atoms with E-state index in [1.54, 1.807) is 0 Å². The third-order valence-electron chi connectivity index (χ3n) is 5.76. The van der Waals surface area contributed by atoms with Crippen LogP contribution in [-0.4, -0.2) is 60.0 Å². The van der Waals surface area contributed by atoms with E-state index in [4.69, 9.17) is 19.2 Å². The van der Waals surface area contributed by atoms with Gasteiger partial charge in [0.15, 0.2) is 0 Å². The van der Waals surface area contributed by atoms with Crippen molar-refractivity contribution in [2.24, 2.45) is 0 Å². The average Bonchev–Trinajstić information content (AvgIpc) is 3.45. The number of likely N-dealkylation sites (N-methyl/N-ethyl adjacent to an activating group) is 1. The summed E-state index contributed by atoms with van der Waals surface area (Å²) in [5.74, 6) is -1.48. The highest BCUT2D eigenvalue weighted by molar-refractivity contribution is 5.22. The van der Waals surface area contributed by atoms with E-state index in [1.165, 1.54) is 0 Å². The topological polar surface area (TPSA) is 70.3 Å². The molecule has 0 radical (unpaired) electrons. The number of rotatable bonds is 5. The van der Waals surface area contributed by atoms with Crippen molar-refractivity contribution in [1.29, 1.82) is 0 Å². The van der Waals surface area contributed by atoms with Gasteiger partial charge in [-0.2, -0.15) is 9.78 Å². The molecule has 5 rings (SSSR count). The molecule has 6 atom stereocenters. The van der Waals surface area contributed by atoms with Gasteiger partial charge in [-0.25, -0.2) is 0 Å². The van der Waals surface area contributed by atoms with Crippen molar-refractivity contribution < 1.29 is 24.4 Å². The number of benzene rings is 1. The largest absolute Gasteiger partial charge is 0.395 e. The van der Waals surface area contributed by atoms with Gasteiger partial charge in [0.25, 0.3) is 0 Å². The fourth-order valence-corrected chi connectivity index (χ4v) is 4.41. The van der Waals surface area contributed by atoms with Crippen LogP contribution in [0.1, 0.15) is 24.3 Å². The molecule has 0 aliphatic carbocycles. The van der Waals surface area contributed by atoms with Crippen LogP contribution >= 0.6 is 0 Å². The minimum absolute atomic E-state index is 0.0675. The number of hydrogen-bond donors (Lipinski definition) is 1. The number of aliphatic hydroxyl groups excluding tert-OH is 1. The summed E-state index contributed by atoms with van der Waals surface area (Å²) in [6.45, 7) is -0.0855. The Morgan fingerprint density at radius 3 is 2.43 bits per heavy atom. The molecule has 0 unspecified atom stereocenters. The summed E-state index contributed by atoms with van der Waals surface area (Å²) in [5, 5.41) is 9.82. The molecule has 0 spiro atoms. The van der Waals surface area contributed by atoms with Gasteiger partial charge in [-0.05, 0) is 25.5 Å². The number of ether oxygens (including phenoxy) is 2. The molecule has 4 heterocycles. The molecule has 0 saturated carbocycles. The van der Waals surface area contributed by atoms with Crippen molar-refractivity contribution in [3.63, 3.8) is 0 Å². The lowest BCUT2D eigenvalue weighted by Gasteiger charge is -2.38. The number of piperidine rings is 1. The highest BCUT2D eigenvalue weighted by atomic mass is 17.5. The van der Waals surface area contributed by atoms with Crippen LogP contribution in [0.5, 0.6) is 0 Å². The second-order valence-electron chi connectivity index (χ2n) is 6.99. The first-order valence-corrected chi connectivity index (χ1v) is 8.30. The van der Waals surface area contributed by atoms with Crippen molar-refractivity contribution in [2.75, 3.05) is 13.7 Å². The van der Waals surface area contributed by atoms with Crippen LogP contribution in [0.4, 0.5) is 0 Å². The molecule has 1 N–H and O–H groups in total. The van der Waals surface area contributed by atoms with Gasteiger partial charge in [-0.1, -0.05) is 30.3 Å². The predicted octanol–water partition coefficient (Wildman–Crippen LogP) is 1.01. The summed E-state index contributed by atoms with van der Waals surface area (Å²) >= 11 is 0. The number of epoxide rings is 1. The normalized spacial score (nSPS) is 41.4. The van der Waals surface area contributed by atoms with Crippen LogP contribution < -0.4 is 0 Å². The number of morpholine rings is 1. The summed E-state index contributed by atoms with van der Waals surface area (Å²) in [6, 6.07) is 10.6. The average molecular weight is 319 g/mol. The molecule has 6 nitrogen and oxygen atoms in total. The maximum absolute atomic E-state index is 9.82. The third kappa shape index (κ3) is 2.17. The van der Waals surface area contributed by atoms with Gasteiger partial charge in [-0.3, -0.25) is 4.90 Å². The van der Waals surface area contributed by atoms with E-state index in [9.17, 15) is 5.11 Å². The molecule has 1 aromatic rings. The minimum Gasteiger partial charge on any atom is -0.395 e. The van der Waals surface area contributed by atoms with Gasteiger partial charge in [0, 0.05) is 12.1 Å². The second-order valence-corrected chi connectivity index (χ2v) is 6.99. The third-order valence-corrected chi connectivity index (χ3v) is 5.76. The first-order chi connectivity index (χ1) is 11.2. The Labute approximate surface area is 134 Å². The molecule has 124 valence electrons. The number of hydrogen-bond acceptors (Lipinski definition) is 6. The zero-order valence-corrected chi connectivity index (χ0v) is 13.0. The summed E-state index contributed by atoms with van der Waals surface area (Å²) in [6.07, 6.45) is 2.64. The Morgan fingerprint density at radius 1 is 1.22 bits per heavy atom. The summed E-state index contributed by atoms with van der Waals surface area (Å²) in [4.78, 5) is 12.9. The lowest BCUT2D eigenvalue weighted by atomic mass is 9.96. The molecule has 4 fully saturated rings. The maximum atomic E-state index is 9.82. The zero-order chi connectivity index (χ0) is 15.6. The number of aliphatic hydroxyl groups is 1. The van der Waals surface area contributed by atoms with Crippen molar-refractivity contribution >= 4 is 0 Å². The molecule has 4 aliphatic rings. The second kappa shape index (κ2) is 4.99. The Balaban J connectivity index is 1.32. The van der Waals surface area contributed by atoms with Crippen LogP contribution in [0, 0.1) is 0 Å². The monoisotopic (exact) mass is 319 g/mol. The fourth-order valence-electron chi connectivity index (χ4n) is 4.41. The molecule has 0 amide bonds. The van der Waals surface area contributed by atoms with E-state index in [-0.39, 0.29) is 18.6 Å². The lowest BCUT2D eigenvalue weighted by molar-refractivity contribution is -0.152. The minimum atomic E-state index is -1.14. The van der Waals surface area contributed by atoms with E-state index >= 15 is 0 Å². The van der Waals surface area contributed by atoms with Crippen molar-refractivity contribution in [3.05, 3.63) is 35.9 Å². The maximum Gasteiger partial charge on any atom is 0.349 e. The predicted molar refractivity (Wildman–Crippen MR) is 79.3 cm³/mol. The van der Waals surface area contributed by atoms with Gasteiger partial charge >= 0.3 is 5.97 Å². The quantitative estimate of drug-likeness (QED) is 0.645. The van der Waals surface area contributed by atoms with Gasteiger partial charge in [0.05, 0.1) is 18.6 Å². The SMILES string of the molecule is CN1[C@@H]2C[C@@H](OC3([C@H](CO)c4ccccc4)OO3)C[C@H]1[C@@H]1O[C@@H]12. The molecule has 23 heavy (non-hydrogen) atoms. The Morgan fingerprint density at radius 2 is 1.87 bits per heavy atom. The van der Waals surface area contributed by atoms with Gasteiger partial charge in [0.2, 0.25) is 0 Å². The van der Waals surface area contributed by atoms with Gasteiger partial charge in [0.1, 0.15) is 12.2 Å². The van der Waals surface area contributed by atoms with E-state index < -0.39 is 5.97 Å². The molecule has 0 aromatic heterocycles. The van der Waals surface area contributed by atoms with Crippen molar-refractivity contribution in [1.82, 2.24) is 4.90 Å². The molecule has 1 aromatic carbocycles. The van der Waals surface area contributed by atoms with Crippen LogP contribution in [0.15, 0.2) is 30.3 Å². The van der Waals surface area contributed by atoms with Crippen LogP contribution in [-0.2, 0) is 19.2 Å². The van der Waals surface area contributed by atoms with E-state index in [1.807, 2.05) is 30.3 Å². The Kier molecular flexibility index (Phi) is 3.11. The van der Waals surface area contributed by atoms with Crippen LogP contribution in [0.3, 0.4) is 0 Å². The zero-order valence-electron chi connectivity index (χ0n) is 13.0. The molecule has 6 heteroatoms. The molecular formula is C17H21NO5. The standard InChI is InChI=1S/C17H21NO5/c1-18-13-7-11(8-14(18)16-15(13)20-16)21-17(22-23-17)12(9-19)10-5-3-2-4-6-10/h2-6,11-16,19H,7-9H2,1H3/t11-,12-,13-,14+,15-,16+/m1/s1. The number of fused-ring (bicyclic) bond motifs is 5. The van der Waals surface area contributed by atoms with Gasteiger partial charge in [-0.15, -0.1) is 0 Å². The lowest BCUT2D eigenvalue weighted by Crippen LogP contribution is -2.49. The first kappa shape index (κ1) is 14.3. The highest BCUT2D eigenvalue weighted by Gasteiger charge is 2.65. The molecule has 4 saturated heterocycles. The Hall–Kier alpha value is -1.02. The van der Waals surface area contributed by atoms with E-state index in [0.717, 1.165) is 18.4 Å². The first-order valence-electron chi connectivity index (χ1n) is 8.30.